The van der Waals surface area contributed by atoms with Gasteiger partial charge in [0, 0.05) is 37.9 Å². The summed E-state index contributed by atoms with van der Waals surface area (Å²) in [5, 5.41) is 3.34. The number of carbonyl (C=O) groups excluding carboxylic acids is 1. The van der Waals surface area contributed by atoms with Crippen LogP contribution in [0.2, 0.25) is 0 Å². The summed E-state index contributed by atoms with van der Waals surface area (Å²) in [5.74, 6) is -0.219. The van der Waals surface area contributed by atoms with Crippen LogP contribution in [0.5, 0.6) is 0 Å². The van der Waals surface area contributed by atoms with E-state index in [1.807, 2.05) is 26.8 Å². The fourth-order valence-corrected chi connectivity index (χ4v) is 2.53. The third-order valence-electron chi connectivity index (χ3n) is 3.76. The van der Waals surface area contributed by atoms with Gasteiger partial charge < -0.3 is 15.0 Å². The first-order chi connectivity index (χ1) is 12.4. The minimum absolute atomic E-state index is 0.219. The number of rotatable bonds is 3. The Kier molecular flexibility index (Phi) is 7.09. The van der Waals surface area contributed by atoms with Crippen molar-refractivity contribution in [2.45, 2.75) is 26.4 Å². The lowest BCUT2D eigenvalue weighted by Crippen LogP contribution is -2.43. The second-order valence-electron chi connectivity index (χ2n) is 6.94. The zero-order valence-electron chi connectivity index (χ0n) is 15.5. The Labute approximate surface area is 154 Å². The van der Waals surface area contributed by atoms with E-state index >= 15 is 0 Å². The van der Waals surface area contributed by atoms with E-state index in [4.69, 9.17) is 0 Å². The molecule has 2 aromatic rings. The molecule has 0 saturated carbocycles. The summed E-state index contributed by atoms with van der Waals surface area (Å²) in [6.45, 7) is 9.83. The molecule has 1 aromatic heterocycles. The Morgan fingerprint density at radius 1 is 1.15 bits per heavy atom. The van der Waals surface area contributed by atoms with Gasteiger partial charge in [-0.1, -0.05) is 0 Å². The van der Waals surface area contributed by atoms with Crippen molar-refractivity contribution >= 4 is 12.2 Å². The minimum Gasteiger partial charge on any atom is -0.462 e. The van der Waals surface area contributed by atoms with Crippen molar-refractivity contribution < 1.29 is 13.9 Å². The van der Waals surface area contributed by atoms with E-state index in [0.29, 0.717) is 6.47 Å². The highest BCUT2D eigenvalue weighted by Gasteiger charge is 2.15. The van der Waals surface area contributed by atoms with Gasteiger partial charge in [0.25, 0.3) is 6.47 Å². The van der Waals surface area contributed by atoms with E-state index in [1.54, 1.807) is 18.3 Å². The number of benzene rings is 1. The fourth-order valence-electron chi connectivity index (χ4n) is 2.53. The highest BCUT2D eigenvalue weighted by atomic mass is 19.1. The van der Waals surface area contributed by atoms with E-state index in [-0.39, 0.29) is 11.4 Å². The van der Waals surface area contributed by atoms with E-state index in [2.05, 4.69) is 26.0 Å². The van der Waals surface area contributed by atoms with Gasteiger partial charge in [0.15, 0.2) is 0 Å². The molecular formula is C20H26FN3O2. The zero-order valence-corrected chi connectivity index (χ0v) is 15.5. The average Bonchev–Trinajstić information content (AvgIpc) is 2.63. The first kappa shape index (κ1) is 19.8. The van der Waals surface area contributed by atoms with Crippen molar-refractivity contribution in [1.29, 1.82) is 0 Å². The lowest BCUT2D eigenvalue weighted by molar-refractivity contribution is -0.138. The maximum Gasteiger partial charge on any atom is 0.293 e. The SMILES string of the molecule is CC(C)(C)OC=O.Fc1ccc(-c2ncccc2N2CCNCC2)cc1. The molecule has 0 aliphatic carbocycles. The van der Waals surface area contributed by atoms with Crippen LogP contribution < -0.4 is 10.2 Å². The monoisotopic (exact) mass is 359 g/mol. The van der Waals surface area contributed by atoms with Gasteiger partial charge in [-0.2, -0.15) is 0 Å². The van der Waals surface area contributed by atoms with Gasteiger partial charge in [0.1, 0.15) is 11.4 Å². The van der Waals surface area contributed by atoms with Crippen LogP contribution in [0.25, 0.3) is 11.3 Å². The second kappa shape index (κ2) is 9.29. The molecule has 1 aliphatic heterocycles. The summed E-state index contributed by atoms with van der Waals surface area (Å²) in [6.07, 6.45) is 1.78. The number of pyridine rings is 1. The molecule has 140 valence electrons. The molecule has 0 atom stereocenters. The lowest BCUT2D eigenvalue weighted by Gasteiger charge is -2.30. The van der Waals surface area contributed by atoms with E-state index in [0.717, 1.165) is 43.1 Å². The van der Waals surface area contributed by atoms with Crippen molar-refractivity contribution in [1.82, 2.24) is 10.3 Å². The molecule has 1 fully saturated rings. The highest BCUT2D eigenvalue weighted by Crippen LogP contribution is 2.28. The van der Waals surface area contributed by atoms with Gasteiger partial charge in [-0.25, -0.2) is 4.39 Å². The summed E-state index contributed by atoms with van der Waals surface area (Å²) >= 11 is 0. The maximum absolute atomic E-state index is 13.0. The summed E-state index contributed by atoms with van der Waals surface area (Å²) in [6, 6.07) is 10.5. The Balaban J connectivity index is 0.000000298. The molecule has 2 heterocycles. The summed E-state index contributed by atoms with van der Waals surface area (Å²) in [4.78, 5) is 16.4. The van der Waals surface area contributed by atoms with Crippen LogP contribution in [-0.4, -0.2) is 43.2 Å². The van der Waals surface area contributed by atoms with Gasteiger partial charge in [-0.15, -0.1) is 0 Å². The predicted molar refractivity (Wildman–Crippen MR) is 102 cm³/mol. The fraction of sp³-hybridized carbons (Fsp3) is 0.400. The van der Waals surface area contributed by atoms with Crippen LogP contribution in [0.15, 0.2) is 42.6 Å². The minimum atomic E-state index is -0.318. The smallest absolute Gasteiger partial charge is 0.293 e. The van der Waals surface area contributed by atoms with Gasteiger partial charge >= 0.3 is 0 Å². The number of nitrogens with zero attached hydrogens (tertiary/aromatic N) is 2. The normalized spacial score (nSPS) is 14.2. The largest absolute Gasteiger partial charge is 0.462 e. The molecule has 3 rings (SSSR count). The van der Waals surface area contributed by atoms with Crippen LogP contribution in [0.4, 0.5) is 10.1 Å². The molecule has 26 heavy (non-hydrogen) atoms. The number of ether oxygens (including phenoxy) is 1. The number of aromatic nitrogens is 1. The number of hydrogen-bond acceptors (Lipinski definition) is 5. The molecule has 0 bridgehead atoms. The van der Waals surface area contributed by atoms with Crippen molar-refractivity contribution in [2.75, 3.05) is 31.1 Å². The summed E-state index contributed by atoms with van der Waals surface area (Å²) in [7, 11) is 0. The summed E-state index contributed by atoms with van der Waals surface area (Å²) < 4.78 is 17.6. The third-order valence-corrected chi connectivity index (χ3v) is 3.76. The predicted octanol–water partition coefficient (Wildman–Crippen LogP) is 3.26. The van der Waals surface area contributed by atoms with Crippen LogP contribution in [0.3, 0.4) is 0 Å². The molecule has 6 heteroatoms. The number of carbonyl (C=O) groups is 1. The quantitative estimate of drug-likeness (QED) is 0.853. The van der Waals surface area contributed by atoms with Gasteiger partial charge in [-0.05, 0) is 57.2 Å². The van der Waals surface area contributed by atoms with Gasteiger partial charge in [0.2, 0.25) is 0 Å². The lowest BCUT2D eigenvalue weighted by atomic mass is 10.1. The topological polar surface area (TPSA) is 54.5 Å². The summed E-state index contributed by atoms with van der Waals surface area (Å²) in [5.41, 5.74) is 2.68. The van der Waals surface area contributed by atoms with Crippen LogP contribution in [-0.2, 0) is 9.53 Å². The first-order valence-electron chi connectivity index (χ1n) is 8.69. The molecule has 0 radical (unpaired) electrons. The molecule has 1 aliphatic rings. The van der Waals surface area contributed by atoms with Crippen molar-refractivity contribution in [2.24, 2.45) is 0 Å². The molecule has 0 amide bonds. The standard InChI is InChI=1S/C15H16FN3.C5H10O2/c16-13-5-3-12(4-6-13)15-14(2-1-7-18-15)19-10-8-17-9-11-19;1-5(2,3)7-4-6/h1-7,17H,8-11H2;4H,1-3H3. The molecule has 1 N–H and O–H groups in total. The molecule has 1 aromatic carbocycles. The number of piperazine rings is 1. The maximum atomic E-state index is 13.0. The Morgan fingerprint density at radius 3 is 2.35 bits per heavy atom. The number of nitrogens with one attached hydrogen (secondary N) is 1. The number of anilines is 1. The van der Waals surface area contributed by atoms with E-state index in [9.17, 15) is 9.18 Å². The highest BCUT2D eigenvalue weighted by molar-refractivity contribution is 5.75. The molecule has 0 spiro atoms. The average molecular weight is 359 g/mol. The molecule has 0 unspecified atom stereocenters. The zero-order chi connectivity index (χ0) is 19.0. The van der Waals surface area contributed by atoms with Crippen molar-refractivity contribution in [3.8, 4) is 11.3 Å². The Bertz CT molecular complexity index is 693. The molecule has 1 saturated heterocycles. The van der Waals surface area contributed by atoms with E-state index < -0.39 is 0 Å². The van der Waals surface area contributed by atoms with Crippen LogP contribution in [0.1, 0.15) is 20.8 Å². The van der Waals surface area contributed by atoms with Crippen molar-refractivity contribution in [3.63, 3.8) is 0 Å². The van der Waals surface area contributed by atoms with Gasteiger partial charge in [-0.3, -0.25) is 9.78 Å². The molecular weight excluding hydrogens is 333 g/mol. The molecule has 5 nitrogen and oxygen atoms in total. The van der Waals surface area contributed by atoms with E-state index in [1.165, 1.54) is 12.1 Å². The Morgan fingerprint density at radius 2 is 1.81 bits per heavy atom. The Hall–Kier alpha value is -2.47. The number of halogens is 1. The van der Waals surface area contributed by atoms with Crippen LogP contribution >= 0.6 is 0 Å². The van der Waals surface area contributed by atoms with Crippen molar-refractivity contribution in [3.05, 3.63) is 48.4 Å². The second-order valence-corrected chi connectivity index (χ2v) is 6.94. The van der Waals surface area contributed by atoms with Crippen LogP contribution in [0, 0.1) is 5.82 Å². The third kappa shape index (κ3) is 6.11. The number of hydrogen-bond donors (Lipinski definition) is 1. The first-order valence-corrected chi connectivity index (χ1v) is 8.69. The van der Waals surface area contributed by atoms with Gasteiger partial charge in [0.05, 0.1) is 11.4 Å².